The second-order valence-corrected chi connectivity index (χ2v) is 7.36. The third kappa shape index (κ3) is 4.44. The molecule has 138 valence electrons. The van der Waals surface area contributed by atoms with Crippen LogP contribution in [0.5, 0.6) is 5.75 Å². The number of ether oxygens (including phenoxy) is 1. The molecule has 4 heteroatoms. The molecule has 0 spiro atoms. The van der Waals surface area contributed by atoms with Crippen LogP contribution in [-0.4, -0.2) is 16.2 Å². The van der Waals surface area contributed by atoms with Crippen LogP contribution >= 0.6 is 0 Å². The Bertz CT molecular complexity index is 836. The van der Waals surface area contributed by atoms with Gasteiger partial charge in [-0.05, 0) is 49.9 Å². The maximum absolute atomic E-state index is 6.46. The maximum Gasteiger partial charge on any atom is 0.126 e. The molecule has 4 nitrogen and oxygen atoms in total. The lowest BCUT2D eigenvalue weighted by atomic mass is 10.0. The van der Waals surface area contributed by atoms with E-state index in [0.29, 0.717) is 12.5 Å². The molecule has 2 aromatic carbocycles. The number of imidazole rings is 1. The summed E-state index contributed by atoms with van der Waals surface area (Å²) in [6.07, 6.45) is 1.85. The highest BCUT2D eigenvalue weighted by Crippen LogP contribution is 2.24. The van der Waals surface area contributed by atoms with Gasteiger partial charge in [0.05, 0.1) is 23.7 Å². The van der Waals surface area contributed by atoms with Gasteiger partial charge in [0, 0.05) is 6.54 Å². The summed E-state index contributed by atoms with van der Waals surface area (Å²) in [6.45, 7) is 8.00. The zero-order valence-electron chi connectivity index (χ0n) is 16.0. The Morgan fingerprint density at radius 1 is 1.08 bits per heavy atom. The molecule has 0 aliphatic heterocycles. The van der Waals surface area contributed by atoms with Crippen LogP contribution in [0.25, 0.3) is 11.0 Å². The second kappa shape index (κ2) is 8.37. The summed E-state index contributed by atoms with van der Waals surface area (Å²) in [4.78, 5) is 4.81. The van der Waals surface area contributed by atoms with E-state index in [1.807, 2.05) is 18.2 Å². The first-order valence-corrected chi connectivity index (χ1v) is 9.45. The predicted molar refractivity (Wildman–Crippen MR) is 107 cm³/mol. The van der Waals surface area contributed by atoms with Crippen LogP contribution in [0.1, 0.15) is 44.1 Å². The molecule has 0 saturated heterocycles. The van der Waals surface area contributed by atoms with Gasteiger partial charge in [-0.3, -0.25) is 0 Å². The Morgan fingerprint density at radius 3 is 2.54 bits per heavy atom. The molecule has 1 heterocycles. The van der Waals surface area contributed by atoms with Crippen LogP contribution in [0.4, 0.5) is 0 Å². The average Bonchev–Trinajstić information content (AvgIpc) is 2.98. The molecule has 1 atom stereocenters. The Morgan fingerprint density at radius 2 is 1.81 bits per heavy atom. The van der Waals surface area contributed by atoms with Gasteiger partial charge in [-0.15, -0.1) is 0 Å². The normalized spacial score (nSPS) is 12.7. The lowest BCUT2D eigenvalue weighted by Gasteiger charge is -2.16. The van der Waals surface area contributed by atoms with Gasteiger partial charge in [0.25, 0.3) is 0 Å². The molecule has 0 radical (unpaired) electrons. The standard InChI is InChI=1S/C22H29N3O/c1-16(2)15-19(23)22-24-20-7-4-5-8-21(20)25(22)13-6-14-26-18-11-9-17(3)10-12-18/h4-5,7-12,16,19H,6,13-15,23H2,1-3H3. The molecule has 0 aliphatic carbocycles. The van der Waals surface area contributed by atoms with Crippen LogP contribution in [0.2, 0.25) is 0 Å². The van der Waals surface area contributed by atoms with Crippen molar-refractivity contribution in [2.45, 2.75) is 46.2 Å². The van der Waals surface area contributed by atoms with Crippen molar-refractivity contribution in [2.24, 2.45) is 11.7 Å². The zero-order valence-corrected chi connectivity index (χ0v) is 16.0. The van der Waals surface area contributed by atoms with Crippen molar-refractivity contribution >= 4 is 11.0 Å². The van der Waals surface area contributed by atoms with Crippen molar-refractivity contribution in [1.82, 2.24) is 9.55 Å². The van der Waals surface area contributed by atoms with Crippen molar-refractivity contribution < 1.29 is 4.74 Å². The van der Waals surface area contributed by atoms with Gasteiger partial charge >= 0.3 is 0 Å². The quantitative estimate of drug-likeness (QED) is 0.590. The van der Waals surface area contributed by atoms with Gasteiger partial charge in [-0.1, -0.05) is 43.7 Å². The van der Waals surface area contributed by atoms with Crippen molar-refractivity contribution in [2.75, 3.05) is 6.61 Å². The molecule has 3 rings (SSSR count). The number of hydrogen-bond acceptors (Lipinski definition) is 3. The monoisotopic (exact) mass is 351 g/mol. The number of para-hydroxylation sites is 2. The first-order chi connectivity index (χ1) is 12.5. The molecular formula is C22H29N3O. The molecule has 0 amide bonds. The van der Waals surface area contributed by atoms with Crippen molar-refractivity contribution in [3.63, 3.8) is 0 Å². The zero-order chi connectivity index (χ0) is 18.5. The SMILES string of the molecule is Cc1ccc(OCCCn2c(C(N)CC(C)C)nc3ccccc32)cc1. The van der Waals surface area contributed by atoms with E-state index in [9.17, 15) is 0 Å². The number of rotatable bonds is 8. The van der Waals surface area contributed by atoms with Crippen molar-refractivity contribution in [1.29, 1.82) is 0 Å². The van der Waals surface area contributed by atoms with E-state index in [1.165, 1.54) is 5.56 Å². The van der Waals surface area contributed by atoms with Crippen LogP contribution in [-0.2, 0) is 6.54 Å². The minimum absolute atomic E-state index is 0.0413. The van der Waals surface area contributed by atoms with E-state index >= 15 is 0 Å². The predicted octanol–water partition coefficient (Wildman–Crippen LogP) is 4.86. The van der Waals surface area contributed by atoms with Gasteiger partial charge in [-0.25, -0.2) is 4.98 Å². The summed E-state index contributed by atoms with van der Waals surface area (Å²) < 4.78 is 8.14. The smallest absolute Gasteiger partial charge is 0.126 e. The summed E-state index contributed by atoms with van der Waals surface area (Å²) >= 11 is 0. The Kier molecular flexibility index (Phi) is 5.94. The largest absolute Gasteiger partial charge is 0.494 e. The van der Waals surface area contributed by atoms with Gasteiger partial charge in [0.1, 0.15) is 11.6 Å². The minimum atomic E-state index is -0.0413. The number of fused-ring (bicyclic) bond motifs is 1. The molecule has 0 bridgehead atoms. The lowest BCUT2D eigenvalue weighted by Crippen LogP contribution is -2.19. The van der Waals surface area contributed by atoms with Crippen molar-refractivity contribution in [3.05, 3.63) is 59.9 Å². The van der Waals surface area contributed by atoms with E-state index in [4.69, 9.17) is 15.5 Å². The molecular weight excluding hydrogens is 322 g/mol. The van der Waals surface area contributed by atoms with Gasteiger partial charge < -0.3 is 15.0 Å². The van der Waals surface area contributed by atoms with Gasteiger partial charge in [0.2, 0.25) is 0 Å². The Hall–Kier alpha value is -2.33. The highest BCUT2D eigenvalue weighted by atomic mass is 16.5. The molecule has 0 fully saturated rings. The summed E-state index contributed by atoms with van der Waals surface area (Å²) in [5.74, 6) is 2.45. The Balaban J connectivity index is 1.70. The topological polar surface area (TPSA) is 53.1 Å². The summed E-state index contributed by atoms with van der Waals surface area (Å²) in [6, 6.07) is 16.4. The number of nitrogens with two attached hydrogens (primary N) is 1. The molecule has 2 N–H and O–H groups in total. The fourth-order valence-electron chi connectivity index (χ4n) is 3.27. The molecule has 1 aromatic heterocycles. The fourth-order valence-corrected chi connectivity index (χ4v) is 3.27. The first kappa shape index (κ1) is 18.5. The summed E-state index contributed by atoms with van der Waals surface area (Å²) in [5, 5.41) is 0. The van der Waals surface area contributed by atoms with Crippen LogP contribution in [0, 0.1) is 12.8 Å². The third-order valence-corrected chi connectivity index (χ3v) is 4.56. The molecule has 0 aliphatic rings. The first-order valence-electron chi connectivity index (χ1n) is 9.45. The van der Waals surface area contributed by atoms with E-state index < -0.39 is 0 Å². The number of benzene rings is 2. The highest BCUT2D eigenvalue weighted by molar-refractivity contribution is 5.76. The van der Waals surface area contributed by atoms with Gasteiger partial charge in [-0.2, -0.15) is 0 Å². The molecule has 26 heavy (non-hydrogen) atoms. The fraction of sp³-hybridized carbons (Fsp3) is 0.409. The molecule has 0 saturated carbocycles. The van der Waals surface area contributed by atoms with Crippen molar-refractivity contribution in [3.8, 4) is 5.75 Å². The van der Waals surface area contributed by atoms with Crippen LogP contribution < -0.4 is 10.5 Å². The number of nitrogens with zero attached hydrogens (tertiary/aromatic N) is 2. The maximum atomic E-state index is 6.46. The van der Waals surface area contributed by atoms with E-state index in [0.717, 1.165) is 42.0 Å². The summed E-state index contributed by atoms with van der Waals surface area (Å²) in [5.41, 5.74) is 9.86. The number of aryl methyl sites for hydroxylation is 2. The van der Waals surface area contributed by atoms with E-state index in [2.05, 4.69) is 55.7 Å². The third-order valence-electron chi connectivity index (χ3n) is 4.56. The lowest BCUT2D eigenvalue weighted by molar-refractivity contribution is 0.300. The second-order valence-electron chi connectivity index (χ2n) is 7.36. The average molecular weight is 351 g/mol. The summed E-state index contributed by atoms with van der Waals surface area (Å²) in [7, 11) is 0. The van der Waals surface area contributed by atoms with E-state index in [1.54, 1.807) is 0 Å². The molecule has 3 aromatic rings. The highest BCUT2D eigenvalue weighted by Gasteiger charge is 2.17. The number of hydrogen-bond donors (Lipinski definition) is 1. The van der Waals surface area contributed by atoms with E-state index in [-0.39, 0.29) is 6.04 Å². The molecule has 1 unspecified atom stereocenters. The Labute approximate surface area is 156 Å². The minimum Gasteiger partial charge on any atom is -0.494 e. The number of aromatic nitrogens is 2. The van der Waals surface area contributed by atoms with Crippen LogP contribution in [0.15, 0.2) is 48.5 Å². The van der Waals surface area contributed by atoms with Gasteiger partial charge in [0.15, 0.2) is 0 Å². The van der Waals surface area contributed by atoms with Crippen LogP contribution in [0.3, 0.4) is 0 Å².